The Kier molecular flexibility index (Phi) is 4.28. The fraction of sp³-hybridized carbons (Fsp3) is 0.263. The second-order valence-corrected chi connectivity index (χ2v) is 7.09. The number of benzene rings is 1. The molecule has 0 aliphatic carbocycles. The Morgan fingerprint density at radius 1 is 1.24 bits per heavy atom. The third-order valence-corrected chi connectivity index (χ3v) is 5.38. The molecule has 1 aromatic carbocycles. The Hall–Kier alpha value is -2.60. The Morgan fingerprint density at radius 2 is 2.08 bits per heavy atom. The fourth-order valence-corrected chi connectivity index (χ4v) is 4.08. The van der Waals surface area contributed by atoms with Gasteiger partial charge in [0.25, 0.3) is 0 Å². The summed E-state index contributed by atoms with van der Waals surface area (Å²) in [5.74, 6) is 0. The van der Waals surface area contributed by atoms with E-state index in [0.717, 1.165) is 30.6 Å². The predicted molar refractivity (Wildman–Crippen MR) is 101 cm³/mol. The van der Waals surface area contributed by atoms with Crippen LogP contribution in [0.1, 0.15) is 24.6 Å². The van der Waals surface area contributed by atoms with Crippen molar-refractivity contribution >= 4 is 22.5 Å². The first-order valence-electron chi connectivity index (χ1n) is 8.42. The number of hydrogen-bond donors (Lipinski definition) is 1. The Bertz CT molecular complexity index is 870. The maximum Gasteiger partial charge on any atom is 0.324 e. The zero-order valence-corrected chi connectivity index (χ0v) is 14.9. The molecule has 25 heavy (non-hydrogen) atoms. The van der Waals surface area contributed by atoms with Crippen molar-refractivity contribution in [3.05, 3.63) is 59.7 Å². The average molecular weight is 352 g/mol. The maximum atomic E-state index is 12.7. The second kappa shape index (κ2) is 6.72. The van der Waals surface area contributed by atoms with Gasteiger partial charge in [-0.2, -0.15) is 0 Å². The summed E-state index contributed by atoms with van der Waals surface area (Å²) in [7, 11) is 2.02. The molecule has 1 unspecified atom stereocenters. The van der Waals surface area contributed by atoms with Crippen LogP contribution in [0.5, 0.6) is 0 Å². The van der Waals surface area contributed by atoms with Crippen LogP contribution in [-0.4, -0.2) is 27.0 Å². The van der Waals surface area contributed by atoms with E-state index in [9.17, 15) is 4.79 Å². The lowest BCUT2D eigenvalue weighted by Gasteiger charge is -2.25. The van der Waals surface area contributed by atoms with Gasteiger partial charge in [0, 0.05) is 36.4 Å². The normalized spacial score (nSPS) is 17.0. The van der Waals surface area contributed by atoms with Crippen LogP contribution >= 0.6 is 11.3 Å². The molecule has 0 spiro atoms. The van der Waals surface area contributed by atoms with E-state index in [-0.39, 0.29) is 12.1 Å². The van der Waals surface area contributed by atoms with E-state index in [4.69, 9.17) is 0 Å². The minimum Gasteiger partial charge on any atom is -0.353 e. The fourth-order valence-electron chi connectivity index (χ4n) is 3.37. The van der Waals surface area contributed by atoms with Crippen molar-refractivity contribution in [1.82, 2.24) is 14.5 Å². The van der Waals surface area contributed by atoms with Crippen LogP contribution in [-0.2, 0) is 7.05 Å². The van der Waals surface area contributed by atoms with Gasteiger partial charge >= 0.3 is 6.03 Å². The summed E-state index contributed by atoms with van der Waals surface area (Å²) < 4.78 is 2.09. The molecule has 0 bridgehead atoms. The van der Waals surface area contributed by atoms with Crippen LogP contribution in [0.25, 0.3) is 11.3 Å². The third-order valence-electron chi connectivity index (χ3n) is 4.63. The van der Waals surface area contributed by atoms with Crippen LogP contribution in [0.2, 0.25) is 0 Å². The molecule has 2 amide bonds. The first-order valence-corrected chi connectivity index (χ1v) is 9.30. The topological polar surface area (TPSA) is 50.2 Å². The first-order chi connectivity index (χ1) is 12.2. The monoisotopic (exact) mass is 352 g/mol. The van der Waals surface area contributed by atoms with Crippen molar-refractivity contribution in [1.29, 1.82) is 0 Å². The Balaban J connectivity index is 1.49. The van der Waals surface area contributed by atoms with Crippen LogP contribution in [0.15, 0.2) is 54.0 Å². The molecule has 0 radical (unpaired) electrons. The van der Waals surface area contributed by atoms with Crippen LogP contribution in [0, 0.1) is 0 Å². The quantitative estimate of drug-likeness (QED) is 0.753. The summed E-state index contributed by atoms with van der Waals surface area (Å²) in [4.78, 5) is 19.2. The molecule has 128 valence electrons. The van der Waals surface area contributed by atoms with Gasteiger partial charge in [-0.3, -0.25) is 5.32 Å². The van der Waals surface area contributed by atoms with Gasteiger partial charge in [-0.1, -0.05) is 30.3 Å². The molecule has 1 saturated heterocycles. The van der Waals surface area contributed by atoms with E-state index < -0.39 is 0 Å². The van der Waals surface area contributed by atoms with E-state index in [2.05, 4.69) is 20.9 Å². The van der Waals surface area contributed by atoms with Gasteiger partial charge in [0.2, 0.25) is 0 Å². The molecule has 2 aromatic heterocycles. The van der Waals surface area contributed by atoms with E-state index in [1.165, 1.54) is 17.0 Å². The largest absolute Gasteiger partial charge is 0.353 e. The van der Waals surface area contributed by atoms with Crippen LogP contribution in [0.3, 0.4) is 0 Å². The van der Waals surface area contributed by atoms with E-state index in [1.807, 2.05) is 59.9 Å². The van der Waals surface area contributed by atoms with Gasteiger partial charge in [0.05, 0.1) is 11.7 Å². The number of nitrogens with one attached hydrogen (secondary N) is 1. The summed E-state index contributed by atoms with van der Waals surface area (Å²) in [5, 5.41) is 5.59. The third kappa shape index (κ3) is 3.17. The first kappa shape index (κ1) is 15.9. The van der Waals surface area contributed by atoms with E-state index in [0.29, 0.717) is 5.13 Å². The SMILES string of the molecule is Cn1cccc1C1CCCN1C(=O)Nc1nc(-c2ccccc2)cs1. The molecule has 3 aromatic rings. The van der Waals surface area contributed by atoms with Crippen LogP contribution in [0.4, 0.5) is 9.93 Å². The lowest BCUT2D eigenvalue weighted by atomic mass is 10.1. The summed E-state index contributed by atoms with van der Waals surface area (Å²) >= 11 is 1.46. The average Bonchev–Trinajstić information content (AvgIpc) is 3.35. The molecule has 1 atom stereocenters. The van der Waals surface area contributed by atoms with Gasteiger partial charge in [-0.25, -0.2) is 9.78 Å². The molecule has 5 nitrogen and oxygen atoms in total. The van der Waals surface area contributed by atoms with Crippen molar-refractivity contribution in [3.63, 3.8) is 0 Å². The van der Waals surface area contributed by atoms with Gasteiger partial charge in [0.1, 0.15) is 0 Å². The molecule has 0 saturated carbocycles. The number of rotatable bonds is 3. The Labute approximate surface area is 150 Å². The number of urea groups is 1. The van der Waals surface area contributed by atoms with Gasteiger partial charge in [-0.15, -0.1) is 11.3 Å². The molecule has 1 fully saturated rings. The minimum absolute atomic E-state index is 0.0716. The van der Waals surface area contributed by atoms with Crippen molar-refractivity contribution in [2.45, 2.75) is 18.9 Å². The van der Waals surface area contributed by atoms with Crippen molar-refractivity contribution in [3.8, 4) is 11.3 Å². The highest BCUT2D eigenvalue weighted by atomic mass is 32.1. The number of hydrogen-bond acceptors (Lipinski definition) is 3. The number of carbonyl (C=O) groups excluding carboxylic acids is 1. The highest BCUT2D eigenvalue weighted by Crippen LogP contribution is 2.33. The van der Waals surface area contributed by atoms with Gasteiger partial charge in [-0.05, 0) is 25.0 Å². The second-order valence-electron chi connectivity index (χ2n) is 6.23. The van der Waals surface area contributed by atoms with Crippen LogP contribution < -0.4 is 5.32 Å². The molecule has 1 aliphatic rings. The standard InChI is InChI=1S/C19H20N4OS/c1-22-11-5-9-16(22)17-10-6-12-23(17)19(24)21-18-20-15(13-25-18)14-7-3-2-4-8-14/h2-5,7-9,11,13,17H,6,10,12H2,1H3,(H,20,21,24). The van der Waals surface area contributed by atoms with Gasteiger partial charge < -0.3 is 9.47 Å². The molecule has 3 heterocycles. The van der Waals surface area contributed by atoms with E-state index in [1.54, 1.807) is 0 Å². The molecular weight excluding hydrogens is 332 g/mol. The summed E-state index contributed by atoms with van der Waals surface area (Å²) in [6.07, 6.45) is 4.05. The molecular formula is C19H20N4OS. The number of anilines is 1. The van der Waals surface area contributed by atoms with Crippen molar-refractivity contribution < 1.29 is 4.79 Å². The minimum atomic E-state index is -0.0716. The Morgan fingerprint density at radius 3 is 2.84 bits per heavy atom. The van der Waals surface area contributed by atoms with Gasteiger partial charge in [0.15, 0.2) is 5.13 Å². The van der Waals surface area contributed by atoms with Crippen molar-refractivity contribution in [2.24, 2.45) is 7.05 Å². The van der Waals surface area contributed by atoms with Crippen molar-refractivity contribution in [2.75, 3.05) is 11.9 Å². The number of amides is 2. The van der Waals surface area contributed by atoms with E-state index >= 15 is 0 Å². The maximum absolute atomic E-state index is 12.7. The molecule has 1 N–H and O–H groups in total. The number of aryl methyl sites for hydroxylation is 1. The molecule has 6 heteroatoms. The summed E-state index contributed by atoms with van der Waals surface area (Å²) in [6, 6.07) is 14.2. The molecule has 1 aliphatic heterocycles. The number of carbonyl (C=O) groups is 1. The summed E-state index contributed by atoms with van der Waals surface area (Å²) in [5.41, 5.74) is 3.13. The summed E-state index contributed by atoms with van der Waals surface area (Å²) in [6.45, 7) is 0.776. The number of nitrogens with zero attached hydrogens (tertiary/aromatic N) is 3. The zero-order valence-electron chi connectivity index (χ0n) is 14.1. The highest BCUT2D eigenvalue weighted by molar-refractivity contribution is 7.14. The number of thiazole rings is 1. The molecule has 4 rings (SSSR count). The highest BCUT2D eigenvalue weighted by Gasteiger charge is 2.31. The zero-order chi connectivity index (χ0) is 17.2. The lowest BCUT2D eigenvalue weighted by molar-refractivity contribution is 0.205. The smallest absolute Gasteiger partial charge is 0.324 e. The predicted octanol–water partition coefficient (Wildman–Crippen LogP) is 4.52. The number of likely N-dealkylation sites (tertiary alicyclic amines) is 1. The lowest BCUT2D eigenvalue weighted by Crippen LogP contribution is -2.35. The number of aromatic nitrogens is 2.